The number of ether oxygens (including phenoxy) is 2. The molecule has 4 atom stereocenters. The van der Waals surface area contributed by atoms with Crippen LogP contribution in [-0.2, 0) is 27.5 Å². The highest BCUT2D eigenvalue weighted by molar-refractivity contribution is 5.76. The van der Waals surface area contributed by atoms with Gasteiger partial charge in [-0.25, -0.2) is 4.68 Å². The number of benzene rings is 2. The van der Waals surface area contributed by atoms with E-state index in [1.165, 1.54) is 13.1 Å². The van der Waals surface area contributed by atoms with Crippen molar-refractivity contribution in [1.82, 2.24) is 15.0 Å². The number of aromatic nitrogens is 3. The van der Waals surface area contributed by atoms with Gasteiger partial charge in [0.15, 0.2) is 0 Å². The van der Waals surface area contributed by atoms with E-state index in [-0.39, 0.29) is 12.2 Å². The van der Waals surface area contributed by atoms with Gasteiger partial charge in [0.2, 0.25) is 0 Å². The smallest absolute Gasteiger partial charge is 0.132 e. The normalized spacial score (nSPS) is 23.1. The molecule has 7 heteroatoms. The predicted molar refractivity (Wildman–Crippen MR) is 109 cm³/mol. The summed E-state index contributed by atoms with van der Waals surface area (Å²) < 4.78 is 14.0. The fraction of sp³-hybridized carbons (Fsp3) is 0.348. The molecule has 30 heavy (non-hydrogen) atoms. The standard InChI is InChI=1S/C23H25N3O4/c1-16(27)12-19-22(29-14-17-8-4-2-5-9-17)23(21(28)20-13-24-25-26(19)20)30-15-18-10-6-3-7-11-18/h2-11,13,19,21-23,28H,12,14-15H2,1H3/t19-,21-,22-,23-/m0/s1. The SMILES string of the molecule is CC(=O)C[C@H]1[C@H](OCc2ccccc2)[C@@H](OCc2ccccc2)[C@@H](O)c2cnnn21. The third kappa shape index (κ3) is 4.48. The molecule has 0 unspecified atom stereocenters. The van der Waals surface area contributed by atoms with Crippen molar-refractivity contribution >= 4 is 5.78 Å². The molecule has 0 fully saturated rings. The zero-order valence-corrected chi connectivity index (χ0v) is 16.8. The van der Waals surface area contributed by atoms with Gasteiger partial charge in [-0.2, -0.15) is 0 Å². The van der Waals surface area contributed by atoms with Gasteiger partial charge in [-0.3, -0.25) is 4.79 Å². The maximum absolute atomic E-state index is 12.0. The van der Waals surface area contributed by atoms with Gasteiger partial charge in [-0.1, -0.05) is 65.9 Å². The molecular formula is C23H25N3O4. The Balaban J connectivity index is 1.61. The Morgan fingerprint density at radius 1 is 0.967 bits per heavy atom. The summed E-state index contributed by atoms with van der Waals surface area (Å²) in [6.07, 6.45) is -0.461. The van der Waals surface area contributed by atoms with Gasteiger partial charge < -0.3 is 14.6 Å². The highest BCUT2D eigenvalue weighted by Gasteiger charge is 2.45. The number of aliphatic hydroxyl groups excluding tert-OH is 1. The fourth-order valence-corrected chi connectivity index (χ4v) is 3.85. The Hall–Kier alpha value is -2.87. The monoisotopic (exact) mass is 407 g/mol. The first-order valence-electron chi connectivity index (χ1n) is 10.0. The largest absolute Gasteiger partial charge is 0.384 e. The van der Waals surface area contributed by atoms with Crippen LogP contribution in [0.5, 0.6) is 0 Å². The number of rotatable bonds is 8. The lowest BCUT2D eigenvalue weighted by Crippen LogP contribution is -2.48. The molecule has 4 rings (SSSR count). The minimum absolute atomic E-state index is 0.00737. The van der Waals surface area contributed by atoms with Crippen molar-refractivity contribution < 1.29 is 19.4 Å². The molecular weight excluding hydrogens is 382 g/mol. The Kier molecular flexibility index (Phi) is 6.32. The second-order valence-electron chi connectivity index (χ2n) is 7.54. The first-order chi connectivity index (χ1) is 14.6. The van der Waals surface area contributed by atoms with Gasteiger partial charge in [0, 0.05) is 6.42 Å². The first kappa shape index (κ1) is 20.4. The van der Waals surface area contributed by atoms with E-state index in [2.05, 4.69) is 10.3 Å². The summed E-state index contributed by atoms with van der Waals surface area (Å²) in [5.74, 6) is 0.00737. The summed E-state index contributed by atoms with van der Waals surface area (Å²) in [7, 11) is 0. The molecule has 0 saturated heterocycles. The van der Waals surface area contributed by atoms with Crippen molar-refractivity contribution in [2.45, 2.75) is 50.9 Å². The molecule has 0 bridgehead atoms. The Morgan fingerprint density at radius 2 is 1.53 bits per heavy atom. The second kappa shape index (κ2) is 9.30. The molecule has 2 aromatic carbocycles. The molecule has 7 nitrogen and oxygen atoms in total. The third-order valence-corrected chi connectivity index (χ3v) is 5.30. The number of nitrogens with zero attached hydrogens (tertiary/aromatic N) is 3. The highest BCUT2D eigenvalue weighted by atomic mass is 16.5. The zero-order chi connectivity index (χ0) is 20.9. The molecule has 156 valence electrons. The van der Waals surface area contributed by atoms with Crippen LogP contribution in [-0.4, -0.2) is 38.1 Å². The quantitative estimate of drug-likeness (QED) is 0.618. The van der Waals surface area contributed by atoms with Crippen LogP contribution in [0.1, 0.15) is 42.3 Å². The van der Waals surface area contributed by atoms with E-state index in [4.69, 9.17) is 9.47 Å². The fourth-order valence-electron chi connectivity index (χ4n) is 3.85. The van der Waals surface area contributed by atoms with Crippen molar-refractivity contribution in [3.8, 4) is 0 Å². The summed E-state index contributed by atoms with van der Waals surface area (Å²) >= 11 is 0. The maximum Gasteiger partial charge on any atom is 0.132 e. The average Bonchev–Trinajstić information content (AvgIpc) is 3.25. The maximum atomic E-state index is 12.0. The number of carbonyl (C=O) groups is 1. The van der Waals surface area contributed by atoms with Crippen molar-refractivity contribution in [2.75, 3.05) is 0 Å². The van der Waals surface area contributed by atoms with Gasteiger partial charge in [0.05, 0.1) is 31.1 Å². The molecule has 0 saturated carbocycles. The third-order valence-electron chi connectivity index (χ3n) is 5.30. The van der Waals surface area contributed by atoms with E-state index in [0.717, 1.165) is 11.1 Å². The van der Waals surface area contributed by atoms with E-state index in [9.17, 15) is 9.90 Å². The van der Waals surface area contributed by atoms with E-state index >= 15 is 0 Å². The molecule has 1 aromatic heterocycles. The number of carbonyl (C=O) groups excluding carboxylic acids is 1. The lowest BCUT2D eigenvalue weighted by Gasteiger charge is -2.40. The lowest BCUT2D eigenvalue weighted by atomic mass is 9.91. The average molecular weight is 407 g/mol. The van der Waals surface area contributed by atoms with Crippen LogP contribution in [0.3, 0.4) is 0 Å². The number of aliphatic hydroxyl groups is 1. The second-order valence-corrected chi connectivity index (χ2v) is 7.54. The van der Waals surface area contributed by atoms with E-state index < -0.39 is 24.4 Å². The van der Waals surface area contributed by atoms with E-state index in [0.29, 0.717) is 18.9 Å². The topological polar surface area (TPSA) is 86.5 Å². The molecule has 3 aromatic rings. The van der Waals surface area contributed by atoms with Crippen LogP contribution in [0.25, 0.3) is 0 Å². The van der Waals surface area contributed by atoms with Crippen LogP contribution in [0.4, 0.5) is 0 Å². The number of hydrogen-bond acceptors (Lipinski definition) is 6. The molecule has 1 N–H and O–H groups in total. The van der Waals surface area contributed by atoms with Crippen LogP contribution in [0.2, 0.25) is 0 Å². The molecule has 1 aliphatic rings. The van der Waals surface area contributed by atoms with Crippen molar-refractivity contribution in [3.05, 3.63) is 83.7 Å². The minimum Gasteiger partial charge on any atom is -0.384 e. The van der Waals surface area contributed by atoms with Crippen LogP contribution in [0, 0.1) is 0 Å². The lowest BCUT2D eigenvalue weighted by molar-refractivity contribution is -0.167. The summed E-state index contributed by atoms with van der Waals surface area (Å²) in [4.78, 5) is 12.0. The molecule has 2 heterocycles. The van der Waals surface area contributed by atoms with Gasteiger partial charge >= 0.3 is 0 Å². The van der Waals surface area contributed by atoms with Crippen molar-refractivity contribution in [1.29, 1.82) is 0 Å². The van der Waals surface area contributed by atoms with Crippen LogP contribution in [0.15, 0.2) is 66.9 Å². The van der Waals surface area contributed by atoms with Gasteiger partial charge in [0.25, 0.3) is 0 Å². The van der Waals surface area contributed by atoms with E-state index in [1.807, 2.05) is 60.7 Å². The summed E-state index contributed by atoms with van der Waals surface area (Å²) in [5.41, 5.74) is 2.52. The number of hydrogen-bond donors (Lipinski definition) is 1. The Labute approximate surface area is 175 Å². The molecule has 0 radical (unpaired) electrons. The van der Waals surface area contributed by atoms with Gasteiger partial charge in [-0.15, -0.1) is 5.10 Å². The Morgan fingerprint density at radius 3 is 2.10 bits per heavy atom. The number of Topliss-reactive ketones (excluding diaryl/α,β-unsaturated/α-hetero) is 1. The Bertz CT molecular complexity index is 961. The van der Waals surface area contributed by atoms with Gasteiger partial charge in [0.1, 0.15) is 24.1 Å². The molecule has 0 spiro atoms. The van der Waals surface area contributed by atoms with Gasteiger partial charge in [-0.05, 0) is 18.1 Å². The molecule has 0 aliphatic carbocycles. The summed E-state index contributed by atoms with van der Waals surface area (Å²) in [5, 5.41) is 19.1. The first-order valence-corrected chi connectivity index (χ1v) is 10.0. The number of ketones is 1. The zero-order valence-electron chi connectivity index (χ0n) is 16.8. The molecule has 0 amide bonds. The van der Waals surface area contributed by atoms with Crippen molar-refractivity contribution in [2.24, 2.45) is 0 Å². The predicted octanol–water partition coefficient (Wildman–Crippen LogP) is 3.02. The summed E-state index contributed by atoms with van der Waals surface area (Å²) in [6, 6.07) is 19.1. The summed E-state index contributed by atoms with van der Waals surface area (Å²) in [6.45, 7) is 2.19. The van der Waals surface area contributed by atoms with Crippen molar-refractivity contribution in [3.63, 3.8) is 0 Å². The van der Waals surface area contributed by atoms with E-state index in [1.54, 1.807) is 4.68 Å². The minimum atomic E-state index is -0.965. The van der Waals surface area contributed by atoms with Crippen LogP contribution >= 0.6 is 0 Å². The highest BCUT2D eigenvalue weighted by Crippen LogP contribution is 2.37. The van der Waals surface area contributed by atoms with Crippen LogP contribution < -0.4 is 0 Å². The molecule has 1 aliphatic heterocycles. The number of fused-ring (bicyclic) bond motifs is 1.